The van der Waals surface area contributed by atoms with Crippen molar-refractivity contribution >= 4 is 23.6 Å². The summed E-state index contributed by atoms with van der Waals surface area (Å²) >= 11 is 1.42. The number of carbonyl (C=O) groups is 2. The van der Waals surface area contributed by atoms with Crippen LogP contribution in [0.5, 0.6) is 0 Å². The Labute approximate surface area is 123 Å². The summed E-state index contributed by atoms with van der Waals surface area (Å²) in [6.45, 7) is 2.01. The SMILES string of the molecule is Cc1ccc(SCC(=O)NC(CC2CC2)C(=O)O)cc1. The summed E-state index contributed by atoms with van der Waals surface area (Å²) in [5.41, 5.74) is 1.18. The summed E-state index contributed by atoms with van der Waals surface area (Å²) in [4.78, 5) is 23.9. The average molecular weight is 293 g/mol. The molecule has 1 unspecified atom stereocenters. The van der Waals surface area contributed by atoms with Crippen LogP contribution in [-0.2, 0) is 9.59 Å². The molecule has 0 radical (unpaired) electrons. The Morgan fingerprint density at radius 1 is 1.35 bits per heavy atom. The number of thioether (sulfide) groups is 1. The van der Waals surface area contributed by atoms with E-state index in [0.717, 1.165) is 17.7 Å². The Hall–Kier alpha value is -1.49. The zero-order chi connectivity index (χ0) is 14.5. The second kappa shape index (κ2) is 6.79. The first-order valence-electron chi connectivity index (χ1n) is 6.76. The van der Waals surface area contributed by atoms with E-state index in [9.17, 15) is 9.59 Å². The van der Waals surface area contributed by atoms with Crippen molar-refractivity contribution in [2.45, 2.75) is 37.1 Å². The number of carbonyl (C=O) groups excluding carboxylic acids is 1. The summed E-state index contributed by atoms with van der Waals surface area (Å²) in [6, 6.07) is 7.17. The number of benzene rings is 1. The Balaban J connectivity index is 1.78. The van der Waals surface area contributed by atoms with Gasteiger partial charge in [0.05, 0.1) is 5.75 Å². The molecule has 1 aromatic rings. The second-order valence-corrected chi connectivity index (χ2v) is 6.29. The van der Waals surface area contributed by atoms with Crippen molar-refractivity contribution in [3.05, 3.63) is 29.8 Å². The Kier molecular flexibility index (Phi) is 5.06. The standard InChI is InChI=1S/C15H19NO3S/c1-10-2-6-12(7-3-10)20-9-14(17)16-13(15(18)19)8-11-4-5-11/h2-3,6-7,11,13H,4-5,8-9H2,1H3,(H,16,17)(H,18,19). The molecule has 0 spiro atoms. The molecule has 0 bridgehead atoms. The van der Waals surface area contributed by atoms with E-state index in [1.807, 2.05) is 31.2 Å². The van der Waals surface area contributed by atoms with Crippen molar-refractivity contribution in [2.24, 2.45) is 5.92 Å². The summed E-state index contributed by atoms with van der Waals surface area (Å²) in [6.07, 6.45) is 2.71. The van der Waals surface area contributed by atoms with Crippen LogP contribution in [0, 0.1) is 12.8 Å². The molecule has 0 saturated heterocycles. The van der Waals surface area contributed by atoms with Gasteiger partial charge >= 0.3 is 5.97 Å². The van der Waals surface area contributed by atoms with Crippen LogP contribution in [0.4, 0.5) is 0 Å². The lowest BCUT2D eigenvalue weighted by molar-refractivity contribution is -0.141. The van der Waals surface area contributed by atoms with E-state index >= 15 is 0 Å². The quantitative estimate of drug-likeness (QED) is 0.758. The maximum Gasteiger partial charge on any atom is 0.326 e. The van der Waals surface area contributed by atoms with Crippen molar-refractivity contribution in [3.63, 3.8) is 0 Å². The maximum absolute atomic E-state index is 11.8. The molecule has 108 valence electrons. The van der Waals surface area contributed by atoms with Gasteiger partial charge in [0.15, 0.2) is 0 Å². The van der Waals surface area contributed by atoms with Crippen molar-refractivity contribution in [1.29, 1.82) is 0 Å². The highest BCUT2D eigenvalue weighted by Gasteiger charge is 2.30. The third-order valence-corrected chi connectivity index (χ3v) is 4.30. The molecule has 1 aliphatic rings. The van der Waals surface area contributed by atoms with Crippen molar-refractivity contribution in [3.8, 4) is 0 Å². The fourth-order valence-electron chi connectivity index (χ4n) is 1.93. The smallest absolute Gasteiger partial charge is 0.326 e. The van der Waals surface area contributed by atoms with Gasteiger partial charge in [0.1, 0.15) is 6.04 Å². The molecule has 0 heterocycles. The lowest BCUT2D eigenvalue weighted by atomic mass is 10.1. The van der Waals surface area contributed by atoms with Crippen LogP contribution in [-0.4, -0.2) is 28.8 Å². The lowest BCUT2D eigenvalue weighted by Gasteiger charge is -2.13. The first kappa shape index (κ1) is 14.9. The third-order valence-electron chi connectivity index (χ3n) is 3.29. The number of nitrogens with one attached hydrogen (secondary N) is 1. The summed E-state index contributed by atoms with van der Waals surface area (Å²) in [5, 5.41) is 11.7. The van der Waals surface area contributed by atoms with Crippen LogP contribution in [0.1, 0.15) is 24.8 Å². The minimum absolute atomic E-state index is 0.219. The number of hydrogen-bond donors (Lipinski definition) is 2. The molecular formula is C15H19NO3S. The number of hydrogen-bond acceptors (Lipinski definition) is 3. The summed E-state index contributed by atoms with van der Waals surface area (Å²) in [7, 11) is 0. The van der Waals surface area contributed by atoms with Crippen LogP contribution < -0.4 is 5.32 Å². The van der Waals surface area contributed by atoms with Gasteiger partial charge in [-0.15, -0.1) is 11.8 Å². The van der Waals surface area contributed by atoms with Crippen LogP contribution in [0.15, 0.2) is 29.2 Å². The molecule has 4 nitrogen and oxygen atoms in total. The minimum Gasteiger partial charge on any atom is -0.480 e. The molecule has 0 aromatic heterocycles. The van der Waals surface area contributed by atoms with E-state index in [-0.39, 0.29) is 11.7 Å². The number of rotatable bonds is 7. The van der Waals surface area contributed by atoms with Gasteiger partial charge < -0.3 is 10.4 Å². The monoisotopic (exact) mass is 293 g/mol. The normalized spacial score (nSPS) is 15.7. The van der Waals surface area contributed by atoms with E-state index in [1.54, 1.807) is 0 Å². The molecule has 2 rings (SSSR count). The molecular weight excluding hydrogens is 274 g/mol. The second-order valence-electron chi connectivity index (χ2n) is 5.24. The highest BCUT2D eigenvalue weighted by atomic mass is 32.2. The predicted octanol–water partition coefficient (Wildman–Crippen LogP) is 2.46. The van der Waals surface area contributed by atoms with Gasteiger partial charge in [-0.3, -0.25) is 4.79 Å². The van der Waals surface area contributed by atoms with E-state index in [1.165, 1.54) is 17.3 Å². The summed E-state index contributed by atoms with van der Waals surface area (Å²) in [5.74, 6) is -0.437. The molecule has 1 aromatic carbocycles. The number of carboxylic acid groups (broad SMARTS) is 1. The Morgan fingerprint density at radius 2 is 2.00 bits per heavy atom. The number of carboxylic acids is 1. The molecule has 20 heavy (non-hydrogen) atoms. The van der Waals surface area contributed by atoms with E-state index < -0.39 is 12.0 Å². The molecule has 1 atom stereocenters. The van der Waals surface area contributed by atoms with Crippen molar-refractivity contribution in [1.82, 2.24) is 5.32 Å². The van der Waals surface area contributed by atoms with Gasteiger partial charge in [-0.05, 0) is 31.4 Å². The minimum atomic E-state index is -0.939. The van der Waals surface area contributed by atoms with E-state index in [4.69, 9.17) is 5.11 Å². The largest absolute Gasteiger partial charge is 0.480 e. The highest BCUT2D eigenvalue weighted by Crippen LogP contribution is 2.33. The third kappa shape index (κ3) is 4.89. The van der Waals surface area contributed by atoms with Crippen LogP contribution in [0.2, 0.25) is 0 Å². The summed E-state index contributed by atoms with van der Waals surface area (Å²) < 4.78 is 0. The first-order valence-corrected chi connectivity index (χ1v) is 7.75. The first-order chi connectivity index (χ1) is 9.54. The fraction of sp³-hybridized carbons (Fsp3) is 0.467. The number of aryl methyl sites for hydroxylation is 1. The lowest BCUT2D eigenvalue weighted by Crippen LogP contribution is -2.41. The molecule has 1 amide bonds. The van der Waals surface area contributed by atoms with Gasteiger partial charge in [-0.25, -0.2) is 4.79 Å². The highest BCUT2D eigenvalue weighted by molar-refractivity contribution is 8.00. The molecule has 5 heteroatoms. The van der Waals surface area contributed by atoms with Gasteiger partial charge in [0, 0.05) is 4.90 Å². The zero-order valence-electron chi connectivity index (χ0n) is 11.5. The van der Waals surface area contributed by atoms with Gasteiger partial charge in [-0.1, -0.05) is 30.5 Å². The molecule has 1 fully saturated rings. The molecule has 2 N–H and O–H groups in total. The van der Waals surface area contributed by atoms with Crippen molar-refractivity contribution < 1.29 is 14.7 Å². The Morgan fingerprint density at radius 3 is 2.55 bits per heavy atom. The zero-order valence-corrected chi connectivity index (χ0v) is 12.3. The Bertz CT molecular complexity index is 482. The average Bonchev–Trinajstić information content (AvgIpc) is 3.21. The number of aliphatic carboxylic acids is 1. The van der Waals surface area contributed by atoms with E-state index in [2.05, 4.69) is 5.32 Å². The molecule has 1 aliphatic carbocycles. The van der Waals surface area contributed by atoms with Crippen molar-refractivity contribution in [2.75, 3.05) is 5.75 Å². The predicted molar refractivity (Wildman–Crippen MR) is 78.8 cm³/mol. The van der Waals surface area contributed by atoms with Crippen LogP contribution >= 0.6 is 11.8 Å². The van der Waals surface area contributed by atoms with Crippen LogP contribution in [0.3, 0.4) is 0 Å². The van der Waals surface area contributed by atoms with E-state index in [0.29, 0.717) is 12.3 Å². The molecule has 0 aliphatic heterocycles. The molecule has 1 saturated carbocycles. The fourth-order valence-corrected chi connectivity index (χ4v) is 2.64. The van der Waals surface area contributed by atoms with Gasteiger partial charge in [-0.2, -0.15) is 0 Å². The maximum atomic E-state index is 11.8. The van der Waals surface area contributed by atoms with Gasteiger partial charge in [0.25, 0.3) is 0 Å². The number of amides is 1. The van der Waals surface area contributed by atoms with Gasteiger partial charge in [0.2, 0.25) is 5.91 Å². The van der Waals surface area contributed by atoms with Crippen LogP contribution in [0.25, 0.3) is 0 Å². The topological polar surface area (TPSA) is 66.4 Å².